The van der Waals surface area contributed by atoms with Crippen LogP contribution in [0.4, 0.5) is 0 Å². The minimum atomic E-state index is -2.78. The van der Waals surface area contributed by atoms with Crippen molar-refractivity contribution >= 4 is 58.8 Å². The highest BCUT2D eigenvalue weighted by Gasteiger charge is 2.66. The Labute approximate surface area is 216 Å². The maximum atomic E-state index is 13.7. The average molecular weight is 607 g/mol. The summed E-state index contributed by atoms with van der Waals surface area (Å²) in [4.78, 5) is 40.1. The molecule has 0 heterocycles. The molecule has 0 unspecified atom stereocenters. The molecule has 3 aliphatic carbocycles. The van der Waals surface area contributed by atoms with E-state index >= 15 is 0 Å². The quantitative estimate of drug-likeness (QED) is 0.211. The molecule has 0 radical (unpaired) electrons. The van der Waals surface area contributed by atoms with E-state index in [0.29, 0.717) is 0 Å². The number of aliphatic hydroxyl groups is 4. The molecule has 7 N–H and O–H groups in total. The minimum absolute atomic E-state index is 0. The first-order valence-corrected chi connectivity index (χ1v) is 10.5. The van der Waals surface area contributed by atoms with Gasteiger partial charge in [0.05, 0.1) is 17.2 Å². The molecule has 0 saturated heterocycles. The van der Waals surface area contributed by atoms with E-state index in [4.69, 9.17) is 17.3 Å². The second-order valence-corrected chi connectivity index (χ2v) is 9.48. The lowest BCUT2D eigenvalue weighted by Gasteiger charge is -2.53. The fraction of sp³-hybridized carbons (Fsp3) is 0.409. The summed E-state index contributed by atoms with van der Waals surface area (Å²) in [5.74, 6) is -8.30. The number of Topliss-reactive ketones (excluding diaryl/α,β-unsaturated/α-hetero) is 2. The maximum Gasteiger partial charge on any atom is 0.255 e. The highest BCUT2D eigenvalue weighted by atomic mass is 127. The Morgan fingerprint density at radius 2 is 1.76 bits per heavy atom. The SMILES string of the molecule is CN(C)[C@@H]1C(=O)C(C(N)=O)=C(O)[C@@]2(O)C(=O)C3=C(O)c4c(O)ccc(Cl)c4[C@@](C)(O)[C@H]3C[C@@H]12.I. The molecule has 0 spiro atoms. The van der Waals surface area contributed by atoms with Crippen molar-refractivity contribution in [3.63, 3.8) is 0 Å². The number of aromatic hydroxyl groups is 1. The summed E-state index contributed by atoms with van der Waals surface area (Å²) in [7, 11) is 2.97. The lowest BCUT2D eigenvalue weighted by molar-refractivity contribution is -0.159. The molecule has 1 fully saturated rings. The summed E-state index contributed by atoms with van der Waals surface area (Å²) >= 11 is 6.28. The molecule has 10 nitrogen and oxygen atoms in total. The summed E-state index contributed by atoms with van der Waals surface area (Å²) < 4.78 is 0. The molecule has 184 valence electrons. The van der Waals surface area contributed by atoms with E-state index in [1.807, 2.05) is 0 Å². The Bertz CT molecular complexity index is 1210. The third-order valence-corrected chi connectivity index (χ3v) is 7.39. The third-order valence-electron chi connectivity index (χ3n) is 7.07. The molecule has 12 heteroatoms. The lowest BCUT2D eigenvalue weighted by atomic mass is 9.54. The van der Waals surface area contributed by atoms with Crippen LogP contribution >= 0.6 is 35.6 Å². The topological polar surface area (TPSA) is 182 Å². The molecular formula is C22H24ClIN2O8. The van der Waals surface area contributed by atoms with Crippen molar-refractivity contribution in [2.24, 2.45) is 17.6 Å². The van der Waals surface area contributed by atoms with E-state index in [9.17, 15) is 39.9 Å². The van der Waals surface area contributed by atoms with Crippen LogP contribution in [0.15, 0.2) is 29.0 Å². The Morgan fingerprint density at radius 1 is 1.18 bits per heavy atom. The molecule has 1 amide bonds. The fourth-order valence-corrected chi connectivity index (χ4v) is 5.93. The van der Waals surface area contributed by atoms with Crippen molar-refractivity contribution in [2.45, 2.75) is 30.6 Å². The standard InChI is InChI=1S/C22H23ClN2O8.HI/c1-21(32)7-6-8-15(25(2)3)17(28)13(20(24)31)19(30)22(8,33)18(29)11(7)16(27)12-10(26)5-4-9(23)14(12)21;/h4-5,7-8,15,26-27,30,32-33H,6H2,1-3H3,(H2,24,31);1H/t7-,8-,15-,21-,22-;/m0./s1. The van der Waals surface area contributed by atoms with Gasteiger partial charge < -0.3 is 31.3 Å². The molecule has 34 heavy (non-hydrogen) atoms. The van der Waals surface area contributed by atoms with Gasteiger partial charge in [0.1, 0.15) is 22.8 Å². The molecule has 5 atom stereocenters. The summed E-state index contributed by atoms with van der Waals surface area (Å²) in [6.07, 6.45) is -0.259. The zero-order valence-corrected chi connectivity index (χ0v) is 21.5. The summed E-state index contributed by atoms with van der Waals surface area (Å²) in [6.45, 7) is 1.34. The summed E-state index contributed by atoms with van der Waals surface area (Å²) in [5, 5.41) is 55.2. The van der Waals surface area contributed by atoms with Crippen molar-refractivity contribution in [1.82, 2.24) is 4.90 Å². The van der Waals surface area contributed by atoms with Crippen LogP contribution in [-0.2, 0) is 20.0 Å². The summed E-state index contributed by atoms with van der Waals surface area (Å²) in [6, 6.07) is 1.24. The molecule has 0 bridgehead atoms. The van der Waals surface area contributed by atoms with Gasteiger partial charge in [0, 0.05) is 28.0 Å². The predicted molar refractivity (Wildman–Crippen MR) is 131 cm³/mol. The van der Waals surface area contributed by atoms with Crippen LogP contribution in [0.25, 0.3) is 5.76 Å². The van der Waals surface area contributed by atoms with Crippen LogP contribution < -0.4 is 5.73 Å². The zero-order valence-electron chi connectivity index (χ0n) is 18.4. The van der Waals surface area contributed by atoms with Crippen LogP contribution in [0.5, 0.6) is 5.75 Å². The second-order valence-electron chi connectivity index (χ2n) is 9.08. The van der Waals surface area contributed by atoms with Crippen molar-refractivity contribution in [2.75, 3.05) is 14.1 Å². The van der Waals surface area contributed by atoms with Gasteiger partial charge in [0.2, 0.25) is 5.78 Å². The molecule has 0 aromatic heterocycles. The van der Waals surface area contributed by atoms with Gasteiger partial charge in [-0.3, -0.25) is 19.3 Å². The van der Waals surface area contributed by atoms with Gasteiger partial charge in [0.15, 0.2) is 11.4 Å². The number of rotatable bonds is 2. The van der Waals surface area contributed by atoms with Gasteiger partial charge in [-0.25, -0.2) is 0 Å². The van der Waals surface area contributed by atoms with E-state index in [2.05, 4.69) is 0 Å². The number of primary amides is 1. The molecule has 3 aliphatic rings. The molecule has 4 rings (SSSR count). The van der Waals surface area contributed by atoms with E-state index in [1.54, 1.807) is 0 Å². The number of fused-ring (bicyclic) bond motifs is 3. The van der Waals surface area contributed by atoms with Crippen LogP contribution in [-0.4, -0.2) is 73.6 Å². The maximum absolute atomic E-state index is 13.7. The number of benzene rings is 1. The molecule has 1 aromatic carbocycles. The second kappa shape index (κ2) is 8.19. The smallest absolute Gasteiger partial charge is 0.255 e. The first kappa shape index (κ1) is 26.4. The zero-order chi connectivity index (χ0) is 24.8. The average Bonchev–Trinajstić information content (AvgIpc) is 2.69. The van der Waals surface area contributed by atoms with Crippen LogP contribution in [0.3, 0.4) is 0 Å². The van der Waals surface area contributed by atoms with Crippen molar-refractivity contribution < 1.29 is 39.9 Å². The Kier molecular flexibility index (Phi) is 6.36. The van der Waals surface area contributed by atoms with Gasteiger partial charge in [0.25, 0.3) is 5.91 Å². The number of halogens is 2. The van der Waals surface area contributed by atoms with Crippen molar-refractivity contribution in [3.05, 3.63) is 45.2 Å². The number of aliphatic hydroxyl groups excluding tert-OH is 2. The number of ketones is 2. The minimum Gasteiger partial charge on any atom is -0.508 e. The highest BCUT2D eigenvalue weighted by molar-refractivity contribution is 14.0. The number of hydrogen-bond acceptors (Lipinski definition) is 9. The highest BCUT2D eigenvalue weighted by Crippen LogP contribution is 2.58. The molecule has 0 aliphatic heterocycles. The first-order valence-electron chi connectivity index (χ1n) is 10.1. The van der Waals surface area contributed by atoms with Crippen molar-refractivity contribution in [3.8, 4) is 5.75 Å². The fourth-order valence-electron chi connectivity index (χ4n) is 5.58. The van der Waals surface area contributed by atoms with Gasteiger partial charge in [-0.2, -0.15) is 0 Å². The van der Waals surface area contributed by atoms with Gasteiger partial charge in [-0.05, 0) is 39.6 Å². The predicted octanol–water partition coefficient (Wildman–Crippen LogP) is 0.900. The van der Waals surface area contributed by atoms with Crippen LogP contribution in [0, 0.1) is 11.8 Å². The molecule has 1 aromatic rings. The normalized spacial score (nSPS) is 32.7. The first-order chi connectivity index (χ1) is 15.2. The monoisotopic (exact) mass is 606 g/mol. The van der Waals surface area contributed by atoms with Gasteiger partial charge in [-0.15, -0.1) is 24.0 Å². The number of carbonyl (C=O) groups is 3. The number of phenols is 1. The number of likely N-dealkylation sites (N-methyl/N-ethyl adjacent to an activating group) is 1. The molecule has 1 saturated carbocycles. The van der Waals surface area contributed by atoms with E-state index in [1.165, 1.54) is 38.1 Å². The Hall–Kier alpha value is -2.19. The number of nitrogens with zero attached hydrogens (tertiary/aromatic N) is 1. The number of carbonyl (C=O) groups excluding carboxylic acids is 3. The van der Waals surface area contributed by atoms with Crippen molar-refractivity contribution in [1.29, 1.82) is 0 Å². The largest absolute Gasteiger partial charge is 0.508 e. The van der Waals surface area contributed by atoms with E-state index in [0.717, 1.165) is 0 Å². The van der Waals surface area contributed by atoms with Gasteiger partial charge in [-0.1, -0.05) is 11.6 Å². The number of hydrogen-bond donors (Lipinski definition) is 6. The van der Waals surface area contributed by atoms with Crippen LogP contribution in [0.2, 0.25) is 5.02 Å². The van der Waals surface area contributed by atoms with E-state index < -0.39 is 75.0 Å². The number of amides is 1. The summed E-state index contributed by atoms with van der Waals surface area (Å²) in [5.41, 5.74) is -1.10. The third kappa shape index (κ3) is 3.14. The lowest BCUT2D eigenvalue weighted by Crippen LogP contribution is -2.67. The van der Waals surface area contributed by atoms with Crippen LogP contribution in [0.1, 0.15) is 24.5 Å². The van der Waals surface area contributed by atoms with E-state index in [-0.39, 0.29) is 46.5 Å². The Morgan fingerprint density at radius 3 is 2.29 bits per heavy atom. The molecular weight excluding hydrogens is 583 g/mol. The Balaban J connectivity index is 0.00000324. The van der Waals surface area contributed by atoms with Gasteiger partial charge >= 0.3 is 0 Å². The number of phenolic OH excluding ortho intramolecular Hbond substituents is 1. The number of nitrogens with two attached hydrogens (primary N) is 1.